The van der Waals surface area contributed by atoms with Crippen molar-refractivity contribution in [2.75, 3.05) is 18.5 Å². The highest BCUT2D eigenvalue weighted by Gasteiger charge is 2.77. The average molecular weight is 511 g/mol. The minimum absolute atomic E-state index is 0.0562. The highest BCUT2D eigenvalue weighted by Crippen LogP contribution is 2.64. The second kappa shape index (κ2) is 10.3. The zero-order valence-electron chi connectivity index (χ0n) is 20.4. The predicted molar refractivity (Wildman–Crippen MR) is 126 cm³/mol. The zero-order valence-corrected chi connectivity index (χ0v) is 21.1. The zero-order chi connectivity index (χ0) is 26.0. The van der Waals surface area contributed by atoms with Gasteiger partial charge in [0.1, 0.15) is 17.2 Å². The summed E-state index contributed by atoms with van der Waals surface area (Å²) in [5.74, 6) is -3.23. The lowest BCUT2D eigenvalue weighted by atomic mass is 9.89. The SMILES string of the molecule is CCOC(=O)C1C2C(OC(=O)Nc3ccc(Cl)cc3)CC(NC(=O)OC(C)(C)C)(C(=O)OCC)C12. The number of carbonyl (C=O) groups is 4. The molecular formula is C24H31ClN2O8. The maximum Gasteiger partial charge on any atom is 0.411 e. The van der Waals surface area contributed by atoms with Crippen molar-refractivity contribution in [1.82, 2.24) is 5.32 Å². The monoisotopic (exact) mass is 510 g/mol. The molecule has 2 aliphatic rings. The third-order valence-electron chi connectivity index (χ3n) is 5.87. The van der Waals surface area contributed by atoms with E-state index in [1.807, 2.05) is 0 Å². The Morgan fingerprint density at radius 3 is 2.23 bits per heavy atom. The van der Waals surface area contributed by atoms with E-state index < -0.39 is 59.1 Å². The van der Waals surface area contributed by atoms with Gasteiger partial charge >= 0.3 is 24.1 Å². The van der Waals surface area contributed by atoms with Crippen LogP contribution in [0.25, 0.3) is 0 Å². The smallest absolute Gasteiger partial charge is 0.411 e. The molecule has 0 aromatic heterocycles. The van der Waals surface area contributed by atoms with Crippen molar-refractivity contribution in [2.45, 2.75) is 58.3 Å². The van der Waals surface area contributed by atoms with Crippen molar-refractivity contribution in [3.05, 3.63) is 29.3 Å². The number of esters is 2. The normalized spacial score (nSPS) is 26.7. The van der Waals surface area contributed by atoms with Gasteiger partial charge in [0.15, 0.2) is 0 Å². The number of amides is 2. The Morgan fingerprint density at radius 2 is 1.66 bits per heavy atom. The number of rotatable bonds is 7. The van der Waals surface area contributed by atoms with Crippen molar-refractivity contribution >= 4 is 41.4 Å². The second-order valence-corrected chi connectivity index (χ2v) is 9.92. The van der Waals surface area contributed by atoms with Crippen LogP contribution in [0, 0.1) is 17.8 Å². The molecule has 2 saturated carbocycles. The van der Waals surface area contributed by atoms with E-state index in [1.165, 1.54) is 0 Å². The van der Waals surface area contributed by atoms with Crippen LogP contribution in [0.3, 0.4) is 0 Å². The van der Waals surface area contributed by atoms with Gasteiger partial charge in [0.05, 0.1) is 19.1 Å². The molecule has 1 aromatic carbocycles. The molecule has 0 saturated heterocycles. The first kappa shape index (κ1) is 26.6. The average Bonchev–Trinajstić information content (AvgIpc) is 3.42. The summed E-state index contributed by atoms with van der Waals surface area (Å²) in [5, 5.41) is 5.74. The van der Waals surface area contributed by atoms with Crippen LogP contribution in [-0.2, 0) is 28.5 Å². The fourth-order valence-corrected chi connectivity index (χ4v) is 4.78. The largest absolute Gasteiger partial charge is 0.466 e. The number of hydrogen-bond donors (Lipinski definition) is 2. The van der Waals surface area contributed by atoms with E-state index in [0.717, 1.165) is 0 Å². The van der Waals surface area contributed by atoms with Gasteiger partial charge in [-0.3, -0.25) is 10.1 Å². The van der Waals surface area contributed by atoms with Crippen LogP contribution in [0.1, 0.15) is 41.0 Å². The van der Waals surface area contributed by atoms with Gasteiger partial charge in [0.2, 0.25) is 0 Å². The molecule has 3 rings (SSSR count). The third kappa shape index (κ3) is 5.98. The summed E-state index contributed by atoms with van der Waals surface area (Å²) in [7, 11) is 0. The Bertz CT molecular complexity index is 977. The molecule has 0 spiro atoms. The number of halogens is 1. The maximum atomic E-state index is 13.2. The summed E-state index contributed by atoms with van der Waals surface area (Å²) in [6, 6.07) is 6.42. The molecule has 10 nitrogen and oxygen atoms in total. The summed E-state index contributed by atoms with van der Waals surface area (Å²) in [6.45, 7) is 8.56. The summed E-state index contributed by atoms with van der Waals surface area (Å²) >= 11 is 5.87. The molecule has 1 aromatic rings. The molecule has 0 radical (unpaired) electrons. The lowest BCUT2D eigenvalue weighted by Gasteiger charge is -2.33. The Balaban J connectivity index is 1.86. The van der Waals surface area contributed by atoms with Gasteiger partial charge in [-0.2, -0.15) is 0 Å². The summed E-state index contributed by atoms with van der Waals surface area (Å²) in [6.07, 6.45) is -2.56. The van der Waals surface area contributed by atoms with E-state index in [0.29, 0.717) is 10.7 Å². The van der Waals surface area contributed by atoms with Crippen LogP contribution in [0.4, 0.5) is 15.3 Å². The van der Waals surface area contributed by atoms with Crippen molar-refractivity contribution in [2.24, 2.45) is 17.8 Å². The standard InChI is InChI=1S/C24H31ClN2O8/c1-6-32-19(28)17-16-15(34-21(30)26-14-10-8-13(25)9-11-14)12-24(18(16)17,20(29)33-7-2)27-22(31)35-23(3,4)5/h8-11,15-18H,6-7,12H2,1-5H3,(H,26,30)(H,27,31). The Labute approximate surface area is 208 Å². The number of carbonyl (C=O) groups excluding carboxylic acids is 4. The summed E-state index contributed by atoms with van der Waals surface area (Å²) < 4.78 is 21.4. The molecule has 0 aliphatic heterocycles. The minimum Gasteiger partial charge on any atom is -0.466 e. The number of benzene rings is 1. The number of fused-ring (bicyclic) bond motifs is 1. The van der Waals surface area contributed by atoms with Gasteiger partial charge in [-0.25, -0.2) is 14.4 Å². The Kier molecular flexibility index (Phi) is 7.83. The molecule has 192 valence electrons. The van der Waals surface area contributed by atoms with E-state index in [4.69, 9.17) is 30.5 Å². The number of anilines is 1. The summed E-state index contributed by atoms with van der Waals surface area (Å²) in [5.41, 5.74) is -1.99. The van der Waals surface area contributed by atoms with Crippen LogP contribution in [0.2, 0.25) is 5.02 Å². The number of nitrogens with one attached hydrogen (secondary N) is 2. The second-order valence-electron chi connectivity index (χ2n) is 9.48. The highest BCUT2D eigenvalue weighted by molar-refractivity contribution is 6.30. The minimum atomic E-state index is -1.62. The molecule has 0 heterocycles. The molecule has 0 bridgehead atoms. The van der Waals surface area contributed by atoms with E-state index in [9.17, 15) is 19.2 Å². The molecule has 35 heavy (non-hydrogen) atoms. The van der Waals surface area contributed by atoms with Crippen molar-refractivity contribution in [3.8, 4) is 0 Å². The molecule has 2 aliphatic carbocycles. The molecule has 11 heteroatoms. The van der Waals surface area contributed by atoms with Crippen LogP contribution in [0.15, 0.2) is 24.3 Å². The molecule has 2 amide bonds. The van der Waals surface area contributed by atoms with Crippen molar-refractivity contribution in [1.29, 1.82) is 0 Å². The molecule has 2 fully saturated rings. The lowest BCUT2D eigenvalue weighted by Crippen LogP contribution is -2.58. The first-order chi connectivity index (χ1) is 16.4. The van der Waals surface area contributed by atoms with Crippen LogP contribution < -0.4 is 10.6 Å². The van der Waals surface area contributed by atoms with E-state index in [2.05, 4.69) is 10.6 Å². The van der Waals surface area contributed by atoms with E-state index in [1.54, 1.807) is 58.9 Å². The van der Waals surface area contributed by atoms with Crippen LogP contribution in [0.5, 0.6) is 0 Å². The molecule has 5 atom stereocenters. The topological polar surface area (TPSA) is 129 Å². The quantitative estimate of drug-likeness (QED) is 0.417. The Hall–Kier alpha value is -3.01. The van der Waals surface area contributed by atoms with Gasteiger partial charge in [0.25, 0.3) is 0 Å². The summed E-state index contributed by atoms with van der Waals surface area (Å²) in [4.78, 5) is 51.2. The van der Waals surface area contributed by atoms with Crippen molar-refractivity contribution < 1.29 is 38.1 Å². The van der Waals surface area contributed by atoms with Crippen LogP contribution in [-0.4, -0.2) is 54.6 Å². The van der Waals surface area contributed by atoms with Gasteiger partial charge in [0, 0.05) is 29.0 Å². The first-order valence-corrected chi connectivity index (χ1v) is 11.9. The number of alkyl carbamates (subject to hydrolysis) is 1. The van der Waals surface area contributed by atoms with E-state index >= 15 is 0 Å². The maximum absolute atomic E-state index is 13.2. The van der Waals surface area contributed by atoms with E-state index in [-0.39, 0.29) is 19.6 Å². The van der Waals surface area contributed by atoms with Crippen LogP contribution >= 0.6 is 11.6 Å². The van der Waals surface area contributed by atoms with Gasteiger partial charge < -0.3 is 24.3 Å². The number of hydrogen-bond acceptors (Lipinski definition) is 8. The molecule has 2 N–H and O–H groups in total. The fraction of sp³-hybridized carbons (Fsp3) is 0.583. The van der Waals surface area contributed by atoms with Gasteiger partial charge in [-0.1, -0.05) is 11.6 Å². The fourth-order valence-electron chi connectivity index (χ4n) is 4.65. The van der Waals surface area contributed by atoms with Gasteiger partial charge in [-0.15, -0.1) is 0 Å². The third-order valence-corrected chi connectivity index (χ3v) is 6.12. The predicted octanol–water partition coefficient (Wildman–Crippen LogP) is 3.91. The lowest BCUT2D eigenvalue weighted by molar-refractivity contribution is -0.154. The highest BCUT2D eigenvalue weighted by atomic mass is 35.5. The van der Waals surface area contributed by atoms with Crippen molar-refractivity contribution in [3.63, 3.8) is 0 Å². The number of ether oxygens (including phenoxy) is 4. The van der Waals surface area contributed by atoms with Gasteiger partial charge in [-0.05, 0) is 58.9 Å². The molecule has 5 unspecified atom stereocenters. The molecular weight excluding hydrogens is 480 g/mol. The first-order valence-electron chi connectivity index (χ1n) is 11.5. The Morgan fingerprint density at radius 1 is 1.03 bits per heavy atom.